The van der Waals surface area contributed by atoms with Crippen LogP contribution in [0.2, 0.25) is 0 Å². The second kappa shape index (κ2) is 32.2. The molecule has 8 nitrogen and oxygen atoms in total. The first-order valence-corrected chi connectivity index (χ1v) is 13.7. The SMILES string of the molecule is C#CC#CC#CC#CC(=O)OC[C@H](COP(=O)([O-])[O-])OC(=O)CCCCCCCCCCCCCC.S.[HH].[HH].[HH].[HH].[HH].[HH].[HH].[Na+].[Na+]. The van der Waals surface area contributed by atoms with E-state index >= 15 is 0 Å². The number of terminal acetylenes is 1. The number of ether oxygens (including phenoxy) is 2. The molecule has 0 saturated carbocycles. The molecule has 0 spiro atoms. The van der Waals surface area contributed by atoms with E-state index in [1.807, 2.05) is 0 Å². The fourth-order valence-corrected chi connectivity index (χ4v) is 3.41. The molecule has 39 heavy (non-hydrogen) atoms. The van der Waals surface area contributed by atoms with Crippen molar-refractivity contribution in [2.45, 2.75) is 96.5 Å². The van der Waals surface area contributed by atoms with Gasteiger partial charge in [0, 0.05) is 22.3 Å². The zero-order valence-electron chi connectivity index (χ0n) is 23.5. The van der Waals surface area contributed by atoms with Gasteiger partial charge >= 0.3 is 71.1 Å². The molecular formula is C27H51Na2O8PS. The topological polar surface area (TPSA) is 125 Å². The summed E-state index contributed by atoms with van der Waals surface area (Å²) in [6.07, 6.45) is 17.5. The Balaban J connectivity index is -0.000000136. The molecule has 0 N–H and O–H groups in total. The van der Waals surface area contributed by atoms with Gasteiger partial charge in [-0.25, -0.2) is 4.79 Å². The second-order valence-corrected chi connectivity index (χ2v) is 9.14. The minimum Gasteiger partial charge on any atom is -0.790 e. The van der Waals surface area contributed by atoms with E-state index in [4.69, 9.17) is 15.9 Å². The molecule has 1 atom stereocenters. The fraction of sp³-hybridized carbons (Fsp3) is 0.630. The maximum atomic E-state index is 12.1. The predicted molar refractivity (Wildman–Crippen MR) is 157 cm³/mol. The van der Waals surface area contributed by atoms with Crippen molar-refractivity contribution in [3.05, 3.63) is 0 Å². The van der Waals surface area contributed by atoms with Crippen LogP contribution in [0.4, 0.5) is 0 Å². The molecule has 0 aromatic rings. The monoisotopic (exact) mass is 612 g/mol. The number of carbonyl (C=O) groups excluding carboxylic acids is 2. The van der Waals surface area contributed by atoms with Crippen LogP contribution in [0.3, 0.4) is 0 Å². The fourth-order valence-electron chi connectivity index (χ4n) is 3.06. The van der Waals surface area contributed by atoms with Crippen molar-refractivity contribution in [1.82, 2.24) is 0 Å². The number of phosphoric ester groups is 1. The molecule has 0 aliphatic rings. The van der Waals surface area contributed by atoms with E-state index in [1.54, 1.807) is 0 Å². The molecule has 0 saturated heterocycles. The van der Waals surface area contributed by atoms with Gasteiger partial charge in [0.1, 0.15) is 6.61 Å². The second-order valence-electron chi connectivity index (χ2n) is 7.99. The first kappa shape index (κ1) is 45.6. The summed E-state index contributed by atoms with van der Waals surface area (Å²) in [4.78, 5) is 45.2. The quantitative estimate of drug-likeness (QED) is 0.0448. The number of carbonyl (C=O) groups is 2. The van der Waals surface area contributed by atoms with E-state index in [9.17, 15) is 23.9 Å². The summed E-state index contributed by atoms with van der Waals surface area (Å²) in [5, 5.41) is 0. The third-order valence-corrected chi connectivity index (χ3v) is 5.30. The van der Waals surface area contributed by atoms with Gasteiger partial charge in [-0.2, -0.15) is 13.5 Å². The Hall–Kier alpha value is -0.360. The Morgan fingerprint density at radius 2 is 1.31 bits per heavy atom. The predicted octanol–water partition coefficient (Wildman–Crippen LogP) is -1.14. The number of esters is 2. The van der Waals surface area contributed by atoms with Crippen LogP contribution in [0.15, 0.2) is 0 Å². The minimum absolute atomic E-state index is 0. The van der Waals surface area contributed by atoms with Gasteiger partial charge in [-0.05, 0) is 41.9 Å². The molecular weight excluding hydrogens is 561 g/mol. The zero-order chi connectivity index (χ0) is 26.9. The summed E-state index contributed by atoms with van der Waals surface area (Å²) in [6, 6.07) is 0. The zero-order valence-corrected chi connectivity index (χ0v) is 29.4. The Labute approximate surface area is 295 Å². The van der Waals surface area contributed by atoms with Crippen LogP contribution in [0.5, 0.6) is 0 Å². The maximum Gasteiger partial charge on any atom is 1.00 e. The van der Waals surface area contributed by atoms with Crippen molar-refractivity contribution >= 4 is 33.3 Å². The molecule has 0 unspecified atom stereocenters. The van der Waals surface area contributed by atoms with Crippen LogP contribution in [-0.2, 0) is 28.2 Å². The molecule has 0 aromatic heterocycles. The molecule has 0 aliphatic heterocycles. The first-order valence-electron chi connectivity index (χ1n) is 12.3. The number of phosphoric acid groups is 1. The molecule has 0 rings (SSSR count). The molecule has 0 heterocycles. The van der Waals surface area contributed by atoms with E-state index in [0.29, 0.717) is 6.42 Å². The third kappa shape index (κ3) is 35.6. The standard InChI is InChI=1S/C27H37O8P.2Na.H2S.7H2/c1-3-5-7-9-11-12-13-14-15-16-18-20-22-27(29)35-25(24-34-36(30,31)32)23-33-26(28)21-19-17-10-8-6-4-2;;;;;;;;;;/h2,25H,3,5,7,9,11-16,18,20,22-24H2,1H3,(H2,30,31,32);;;1H2;7*1H/q;2*+1;;;;;;;;/p-2/t25-;;;;;;;;;;/m1........../s1. The van der Waals surface area contributed by atoms with Crippen LogP contribution in [0.25, 0.3) is 0 Å². The van der Waals surface area contributed by atoms with Gasteiger partial charge in [0.05, 0.1) is 14.4 Å². The summed E-state index contributed by atoms with van der Waals surface area (Å²) in [5.41, 5.74) is 0. The molecule has 0 radical (unpaired) electrons. The maximum absolute atomic E-state index is 12.1. The Morgan fingerprint density at radius 3 is 1.82 bits per heavy atom. The van der Waals surface area contributed by atoms with Crippen molar-refractivity contribution in [3.8, 4) is 47.9 Å². The largest absolute Gasteiger partial charge is 1.00 e. The molecule has 0 amide bonds. The molecule has 0 aliphatic carbocycles. The van der Waals surface area contributed by atoms with Gasteiger partial charge in [-0.15, -0.1) is 6.42 Å². The van der Waals surface area contributed by atoms with Crippen molar-refractivity contribution in [2.75, 3.05) is 13.2 Å². The van der Waals surface area contributed by atoms with Crippen LogP contribution in [0.1, 0.15) is 100 Å². The Kier molecular flexibility index (Phi) is 37.6. The molecule has 0 fully saturated rings. The molecule has 12 heteroatoms. The molecule has 0 bridgehead atoms. The van der Waals surface area contributed by atoms with Crippen LogP contribution in [-0.4, -0.2) is 31.3 Å². The summed E-state index contributed by atoms with van der Waals surface area (Å²) in [6.45, 7) is 0.904. The summed E-state index contributed by atoms with van der Waals surface area (Å²) in [7, 11) is -5.30. The van der Waals surface area contributed by atoms with Gasteiger partial charge in [-0.3, -0.25) is 4.79 Å². The number of hydrogen-bond donors (Lipinski definition) is 0. The third-order valence-electron chi connectivity index (χ3n) is 4.84. The van der Waals surface area contributed by atoms with E-state index in [2.05, 4.69) is 52.9 Å². The van der Waals surface area contributed by atoms with Crippen molar-refractivity contribution < 1.29 is 107 Å². The van der Waals surface area contributed by atoms with Gasteiger partial charge < -0.3 is 28.3 Å². The van der Waals surface area contributed by atoms with E-state index in [1.165, 1.54) is 51.4 Å². The smallest absolute Gasteiger partial charge is 0.790 e. The van der Waals surface area contributed by atoms with Crippen molar-refractivity contribution in [1.29, 1.82) is 0 Å². The normalized spacial score (nSPS) is 10.0. The van der Waals surface area contributed by atoms with Gasteiger partial charge in [-0.1, -0.05) is 77.6 Å². The van der Waals surface area contributed by atoms with E-state index < -0.39 is 39.1 Å². The van der Waals surface area contributed by atoms with Gasteiger partial charge in [0.2, 0.25) is 0 Å². The summed E-state index contributed by atoms with van der Waals surface area (Å²) < 4.78 is 24.8. The van der Waals surface area contributed by atoms with E-state index in [0.717, 1.165) is 19.3 Å². The molecule has 0 aromatic carbocycles. The Bertz CT molecular complexity index is 957. The number of hydrogen-bond acceptors (Lipinski definition) is 8. The van der Waals surface area contributed by atoms with Gasteiger partial charge in [0.25, 0.3) is 0 Å². The Morgan fingerprint density at radius 1 is 0.821 bits per heavy atom. The average molecular weight is 613 g/mol. The van der Waals surface area contributed by atoms with Gasteiger partial charge in [0.15, 0.2) is 6.10 Å². The number of rotatable bonds is 19. The van der Waals surface area contributed by atoms with Crippen molar-refractivity contribution in [2.24, 2.45) is 0 Å². The molecule has 220 valence electrons. The summed E-state index contributed by atoms with van der Waals surface area (Å²) in [5.74, 6) is 13.8. The average Bonchev–Trinajstić information content (AvgIpc) is 2.83. The minimum atomic E-state index is -5.30. The van der Waals surface area contributed by atoms with Crippen LogP contribution in [0, 0.1) is 47.9 Å². The van der Waals surface area contributed by atoms with Crippen molar-refractivity contribution in [3.63, 3.8) is 0 Å². The first-order chi connectivity index (χ1) is 17.3. The van der Waals surface area contributed by atoms with Crippen LogP contribution >= 0.6 is 21.3 Å². The van der Waals surface area contributed by atoms with E-state index in [-0.39, 0.29) is 89.0 Å². The summed E-state index contributed by atoms with van der Waals surface area (Å²) >= 11 is 0. The van der Waals surface area contributed by atoms with Crippen LogP contribution < -0.4 is 68.9 Å². The number of unbranched alkanes of at least 4 members (excludes halogenated alkanes) is 11.